The fourth-order valence-corrected chi connectivity index (χ4v) is 2.27. The topological polar surface area (TPSA) is 68.0 Å². The smallest absolute Gasteiger partial charge is 0.228 e. The van der Waals surface area contributed by atoms with Crippen molar-refractivity contribution in [3.63, 3.8) is 0 Å². The van der Waals surface area contributed by atoms with Gasteiger partial charge in [-0.25, -0.2) is 0 Å². The van der Waals surface area contributed by atoms with Crippen LogP contribution in [0.5, 0.6) is 0 Å². The number of fused-ring (bicyclic) bond motifs is 1. The van der Waals surface area contributed by atoms with E-state index in [1.165, 1.54) is 0 Å². The van der Waals surface area contributed by atoms with Crippen molar-refractivity contribution in [2.45, 2.75) is 6.42 Å². The van der Waals surface area contributed by atoms with Gasteiger partial charge < -0.3 is 11.1 Å². The molecular weight excluding hydrogens is 262 g/mol. The van der Waals surface area contributed by atoms with Crippen LogP contribution in [-0.2, 0) is 11.2 Å². The largest absolute Gasteiger partial charge is 0.398 e. The zero-order valence-electron chi connectivity index (χ0n) is 11.4. The number of nitrogens with zero attached hydrogens (tertiary/aromatic N) is 1. The Kier molecular flexibility index (Phi) is 3.51. The molecule has 3 aromatic rings. The molecule has 0 bridgehead atoms. The Hall–Kier alpha value is -2.88. The van der Waals surface area contributed by atoms with Crippen molar-refractivity contribution in [3.8, 4) is 0 Å². The molecule has 4 heteroatoms. The number of para-hydroxylation sites is 2. The lowest BCUT2D eigenvalue weighted by Crippen LogP contribution is -2.15. The molecule has 1 heterocycles. The molecule has 0 aliphatic carbocycles. The van der Waals surface area contributed by atoms with E-state index in [2.05, 4.69) is 10.3 Å². The first-order valence-corrected chi connectivity index (χ1v) is 6.71. The zero-order valence-corrected chi connectivity index (χ0v) is 11.4. The van der Waals surface area contributed by atoms with Crippen LogP contribution in [0.3, 0.4) is 0 Å². The summed E-state index contributed by atoms with van der Waals surface area (Å²) in [5, 5.41) is 3.90. The summed E-state index contributed by atoms with van der Waals surface area (Å²) in [7, 11) is 0. The van der Waals surface area contributed by atoms with Crippen LogP contribution < -0.4 is 11.1 Å². The predicted octanol–water partition coefficient (Wildman–Crippen LogP) is 3.00. The van der Waals surface area contributed by atoms with Gasteiger partial charge in [0.25, 0.3) is 0 Å². The first kappa shape index (κ1) is 13.1. The van der Waals surface area contributed by atoms with Crippen LogP contribution >= 0.6 is 0 Å². The minimum Gasteiger partial charge on any atom is -0.398 e. The Bertz CT molecular complexity index is 793. The molecule has 3 N–H and O–H groups in total. The number of carbonyl (C=O) groups is 1. The van der Waals surface area contributed by atoms with Crippen molar-refractivity contribution in [2.75, 3.05) is 11.1 Å². The number of carbonyl (C=O) groups excluding carboxylic acids is 1. The summed E-state index contributed by atoms with van der Waals surface area (Å²) in [6.45, 7) is 0. The van der Waals surface area contributed by atoms with Crippen molar-refractivity contribution in [3.05, 3.63) is 66.4 Å². The lowest BCUT2D eigenvalue weighted by atomic mass is 10.1. The lowest BCUT2D eigenvalue weighted by Gasteiger charge is -2.09. The number of nitrogens with two attached hydrogens (primary N) is 1. The van der Waals surface area contributed by atoms with E-state index in [0.717, 1.165) is 16.5 Å². The van der Waals surface area contributed by atoms with Crippen molar-refractivity contribution in [2.24, 2.45) is 0 Å². The van der Waals surface area contributed by atoms with Crippen LogP contribution in [0.15, 0.2) is 60.8 Å². The van der Waals surface area contributed by atoms with E-state index in [0.29, 0.717) is 11.4 Å². The highest BCUT2D eigenvalue weighted by Crippen LogP contribution is 2.21. The molecule has 2 aromatic carbocycles. The summed E-state index contributed by atoms with van der Waals surface area (Å²) < 4.78 is 0. The van der Waals surface area contributed by atoms with Crippen LogP contribution in [0, 0.1) is 0 Å². The average Bonchev–Trinajstić information content (AvgIpc) is 2.50. The normalized spacial score (nSPS) is 10.5. The van der Waals surface area contributed by atoms with Crippen LogP contribution in [0.4, 0.5) is 11.4 Å². The maximum atomic E-state index is 12.2. The van der Waals surface area contributed by atoms with Gasteiger partial charge >= 0.3 is 0 Å². The molecule has 0 fully saturated rings. The molecular formula is C17H15N3O. The number of nitrogens with one attached hydrogen (secondary N) is 1. The summed E-state index contributed by atoms with van der Waals surface area (Å²) in [5.74, 6) is -0.106. The predicted molar refractivity (Wildman–Crippen MR) is 84.9 cm³/mol. The summed E-state index contributed by atoms with van der Waals surface area (Å²) in [4.78, 5) is 16.5. The highest BCUT2D eigenvalue weighted by Gasteiger charge is 2.09. The molecule has 3 rings (SSSR count). The SMILES string of the molecule is Nc1ccccc1CC(=O)Nc1cccc2cccnc12. The second kappa shape index (κ2) is 5.63. The van der Waals surface area contributed by atoms with E-state index in [1.54, 1.807) is 12.3 Å². The van der Waals surface area contributed by atoms with Gasteiger partial charge in [-0.3, -0.25) is 9.78 Å². The van der Waals surface area contributed by atoms with Crippen LogP contribution in [0.1, 0.15) is 5.56 Å². The van der Waals surface area contributed by atoms with Crippen molar-refractivity contribution >= 4 is 28.2 Å². The van der Waals surface area contributed by atoms with Gasteiger partial charge in [-0.15, -0.1) is 0 Å². The Morgan fingerprint density at radius 1 is 1.05 bits per heavy atom. The maximum Gasteiger partial charge on any atom is 0.228 e. The number of benzene rings is 2. The van der Waals surface area contributed by atoms with Gasteiger partial charge in [0.2, 0.25) is 5.91 Å². The zero-order chi connectivity index (χ0) is 14.7. The fourth-order valence-electron chi connectivity index (χ4n) is 2.27. The van der Waals surface area contributed by atoms with Gasteiger partial charge in [0.05, 0.1) is 17.6 Å². The molecule has 0 aliphatic rings. The second-order valence-corrected chi connectivity index (χ2v) is 4.80. The third kappa shape index (κ3) is 2.84. The fraction of sp³-hybridized carbons (Fsp3) is 0.0588. The van der Waals surface area contributed by atoms with Crippen LogP contribution in [0.25, 0.3) is 10.9 Å². The molecule has 0 spiro atoms. The molecule has 0 aliphatic heterocycles. The summed E-state index contributed by atoms with van der Waals surface area (Å²) >= 11 is 0. The first-order chi connectivity index (χ1) is 10.2. The molecule has 104 valence electrons. The number of aromatic nitrogens is 1. The number of hydrogen-bond donors (Lipinski definition) is 2. The molecule has 4 nitrogen and oxygen atoms in total. The Labute approximate surface area is 122 Å². The molecule has 1 amide bonds. The molecule has 21 heavy (non-hydrogen) atoms. The van der Waals surface area contributed by atoms with Gasteiger partial charge in [-0.05, 0) is 23.8 Å². The second-order valence-electron chi connectivity index (χ2n) is 4.80. The number of amides is 1. The van der Waals surface area contributed by atoms with Gasteiger partial charge in [0.15, 0.2) is 0 Å². The van der Waals surface area contributed by atoms with Gasteiger partial charge in [-0.2, -0.15) is 0 Å². The first-order valence-electron chi connectivity index (χ1n) is 6.71. The minimum atomic E-state index is -0.106. The van der Waals surface area contributed by atoms with E-state index < -0.39 is 0 Å². The number of hydrogen-bond acceptors (Lipinski definition) is 3. The Morgan fingerprint density at radius 3 is 2.71 bits per heavy atom. The minimum absolute atomic E-state index is 0.106. The van der Waals surface area contributed by atoms with E-state index >= 15 is 0 Å². The maximum absolute atomic E-state index is 12.2. The highest BCUT2D eigenvalue weighted by atomic mass is 16.1. The average molecular weight is 277 g/mol. The molecule has 0 saturated heterocycles. The van der Waals surface area contributed by atoms with E-state index in [4.69, 9.17) is 5.73 Å². The Balaban J connectivity index is 1.82. The van der Waals surface area contributed by atoms with Gasteiger partial charge in [0.1, 0.15) is 0 Å². The number of pyridine rings is 1. The van der Waals surface area contributed by atoms with Gasteiger partial charge in [0, 0.05) is 17.3 Å². The molecule has 0 saturated carbocycles. The van der Waals surface area contributed by atoms with Gasteiger partial charge in [-0.1, -0.05) is 36.4 Å². The number of anilines is 2. The van der Waals surface area contributed by atoms with E-state index in [1.807, 2.05) is 48.5 Å². The van der Waals surface area contributed by atoms with Crippen LogP contribution in [-0.4, -0.2) is 10.9 Å². The monoisotopic (exact) mass is 277 g/mol. The molecule has 0 unspecified atom stereocenters. The third-order valence-electron chi connectivity index (χ3n) is 3.31. The van der Waals surface area contributed by atoms with Crippen molar-refractivity contribution in [1.29, 1.82) is 0 Å². The Morgan fingerprint density at radius 2 is 1.86 bits per heavy atom. The number of nitrogen functional groups attached to an aromatic ring is 1. The molecule has 1 aromatic heterocycles. The summed E-state index contributed by atoms with van der Waals surface area (Å²) in [6, 6.07) is 16.9. The van der Waals surface area contributed by atoms with Crippen LogP contribution in [0.2, 0.25) is 0 Å². The third-order valence-corrected chi connectivity index (χ3v) is 3.31. The van der Waals surface area contributed by atoms with Crippen molar-refractivity contribution < 1.29 is 4.79 Å². The standard InChI is InChI=1S/C17H15N3O/c18-14-8-2-1-5-13(14)11-16(21)20-15-9-3-6-12-7-4-10-19-17(12)15/h1-10H,11,18H2,(H,20,21). The molecule has 0 radical (unpaired) electrons. The summed E-state index contributed by atoms with van der Waals surface area (Å²) in [6.07, 6.45) is 1.96. The lowest BCUT2D eigenvalue weighted by molar-refractivity contribution is -0.115. The van der Waals surface area contributed by atoms with E-state index in [9.17, 15) is 4.79 Å². The summed E-state index contributed by atoms with van der Waals surface area (Å²) in [5.41, 5.74) is 8.81. The molecule has 0 atom stereocenters. The van der Waals surface area contributed by atoms with Crippen molar-refractivity contribution in [1.82, 2.24) is 4.98 Å². The van der Waals surface area contributed by atoms with E-state index in [-0.39, 0.29) is 12.3 Å². The quantitative estimate of drug-likeness (QED) is 0.723. The number of rotatable bonds is 3. The highest BCUT2D eigenvalue weighted by molar-refractivity contribution is 6.01.